The van der Waals surface area contributed by atoms with Gasteiger partial charge in [0, 0.05) is 17.0 Å². The van der Waals surface area contributed by atoms with Gasteiger partial charge in [-0.2, -0.15) is 11.8 Å². The van der Waals surface area contributed by atoms with Crippen LogP contribution in [0.5, 0.6) is 0 Å². The van der Waals surface area contributed by atoms with Crippen molar-refractivity contribution in [3.05, 3.63) is 0 Å². The molecule has 2 atom stereocenters. The molecule has 0 aromatic rings. The molecule has 0 heterocycles. The van der Waals surface area contributed by atoms with Crippen molar-refractivity contribution in [1.29, 1.82) is 0 Å². The molecule has 1 saturated carbocycles. The number of nitrogens with one attached hydrogen (secondary N) is 1. The van der Waals surface area contributed by atoms with Crippen molar-refractivity contribution >= 4 is 21.6 Å². The third-order valence-corrected chi connectivity index (χ3v) is 6.35. The van der Waals surface area contributed by atoms with E-state index >= 15 is 0 Å². The Labute approximate surface area is 110 Å². The molecule has 1 aliphatic rings. The van der Waals surface area contributed by atoms with Crippen LogP contribution in [-0.4, -0.2) is 44.0 Å². The fourth-order valence-electron chi connectivity index (χ4n) is 2.29. The van der Waals surface area contributed by atoms with Gasteiger partial charge < -0.3 is 5.32 Å². The number of hydrogen-bond acceptors (Lipinski definition) is 4. The Kier molecular flexibility index (Phi) is 6.89. The lowest BCUT2D eigenvalue weighted by molar-refractivity contribution is 0.382. The summed E-state index contributed by atoms with van der Waals surface area (Å²) in [5.41, 5.74) is 0. The SMILES string of the molecule is CCS(=O)(=O)CCCNC1CCCC(SC)C1. The van der Waals surface area contributed by atoms with Crippen molar-refractivity contribution in [2.24, 2.45) is 0 Å². The summed E-state index contributed by atoms with van der Waals surface area (Å²) in [7, 11) is -2.78. The molecule has 1 aliphatic carbocycles. The molecule has 0 radical (unpaired) electrons. The first-order chi connectivity index (χ1) is 8.07. The Hall–Kier alpha value is 0.260. The Bertz CT molecular complexity index is 304. The van der Waals surface area contributed by atoms with Crippen molar-refractivity contribution in [1.82, 2.24) is 5.32 Å². The fraction of sp³-hybridized carbons (Fsp3) is 1.00. The van der Waals surface area contributed by atoms with Gasteiger partial charge in [-0.25, -0.2) is 8.42 Å². The van der Waals surface area contributed by atoms with Crippen molar-refractivity contribution in [2.45, 2.75) is 50.3 Å². The summed E-state index contributed by atoms with van der Waals surface area (Å²) in [5.74, 6) is 0.597. The van der Waals surface area contributed by atoms with Crippen molar-refractivity contribution in [3.8, 4) is 0 Å². The minimum absolute atomic E-state index is 0.269. The zero-order valence-electron chi connectivity index (χ0n) is 10.9. The van der Waals surface area contributed by atoms with Crippen LogP contribution in [0.1, 0.15) is 39.0 Å². The summed E-state index contributed by atoms with van der Waals surface area (Å²) in [4.78, 5) is 0. The highest BCUT2D eigenvalue weighted by Gasteiger charge is 2.20. The van der Waals surface area contributed by atoms with Crippen LogP contribution in [0.15, 0.2) is 0 Å². The zero-order chi connectivity index (χ0) is 12.7. The monoisotopic (exact) mass is 279 g/mol. The molecule has 3 nitrogen and oxygen atoms in total. The van der Waals surface area contributed by atoms with Gasteiger partial charge in [0.15, 0.2) is 0 Å². The van der Waals surface area contributed by atoms with E-state index in [2.05, 4.69) is 11.6 Å². The van der Waals surface area contributed by atoms with Crippen molar-refractivity contribution in [2.75, 3.05) is 24.3 Å². The molecule has 0 aromatic carbocycles. The molecule has 0 bridgehead atoms. The van der Waals surface area contributed by atoms with Gasteiger partial charge >= 0.3 is 0 Å². The summed E-state index contributed by atoms with van der Waals surface area (Å²) in [6.45, 7) is 2.55. The maximum Gasteiger partial charge on any atom is 0.150 e. The molecule has 102 valence electrons. The summed E-state index contributed by atoms with van der Waals surface area (Å²) in [5, 5.41) is 4.30. The maximum atomic E-state index is 11.3. The second-order valence-electron chi connectivity index (χ2n) is 4.77. The van der Waals surface area contributed by atoms with E-state index in [1.807, 2.05) is 11.8 Å². The number of hydrogen-bond donors (Lipinski definition) is 1. The van der Waals surface area contributed by atoms with Gasteiger partial charge in [-0.1, -0.05) is 13.3 Å². The first-order valence-corrected chi connectivity index (χ1v) is 9.65. The molecule has 1 N–H and O–H groups in total. The Balaban J connectivity index is 2.14. The van der Waals surface area contributed by atoms with Crippen LogP contribution in [0.25, 0.3) is 0 Å². The summed E-state index contributed by atoms with van der Waals surface area (Å²) in [6, 6.07) is 0.602. The van der Waals surface area contributed by atoms with E-state index in [1.54, 1.807) is 6.92 Å². The lowest BCUT2D eigenvalue weighted by Crippen LogP contribution is -2.36. The molecule has 5 heteroatoms. The van der Waals surface area contributed by atoms with Crippen LogP contribution in [0, 0.1) is 0 Å². The highest BCUT2D eigenvalue weighted by molar-refractivity contribution is 7.99. The summed E-state index contributed by atoms with van der Waals surface area (Å²) < 4.78 is 22.6. The van der Waals surface area contributed by atoms with Gasteiger partial charge in [-0.15, -0.1) is 0 Å². The lowest BCUT2D eigenvalue weighted by Gasteiger charge is -2.28. The average molecular weight is 279 g/mol. The third kappa shape index (κ3) is 6.11. The summed E-state index contributed by atoms with van der Waals surface area (Å²) >= 11 is 1.96. The zero-order valence-corrected chi connectivity index (χ0v) is 12.6. The Morgan fingerprint density at radius 3 is 2.76 bits per heavy atom. The first-order valence-electron chi connectivity index (χ1n) is 6.54. The van der Waals surface area contributed by atoms with Crippen LogP contribution in [0.3, 0.4) is 0 Å². The van der Waals surface area contributed by atoms with Crippen LogP contribution >= 0.6 is 11.8 Å². The molecule has 0 amide bonds. The molecule has 0 spiro atoms. The van der Waals surface area contributed by atoms with E-state index < -0.39 is 9.84 Å². The Morgan fingerprint density at radius 1 is 1.35 bits per heavy atom. The van der Waals surface area contributed by atoms with Crippen LogP contribution in [-0.2, 0) is 9.84 Å². The highest BCUT2D eigenvalue weighted by Crippen LogP contribution is 2.26. The Morgan fingerprint density at radius 2 is 2.12 bits per heavy atom. The fourth-order valence-corrected chi connectivity index (χ4v) is 3.99. The van der Waals surface area contributed by atoms with Gasteiger partial charge in [-0.05, 0) is 38.5 Å². The van der Waals surface area contributed by atoms with Crippen LogP contribution < -0.4 is 5.32 Å². The van der Waals surface area contributed by atoms with Crippen LogP contribution in [0.4, 0.5) is 0 Å². The van der Waals surface area contributed by atoms with E-state index in [-0.39, 0.29) is 5.75 Å². The predicted octanol–water partition coefficient (Wildman–Crippen LogP) is 2.07. The standard InChI is InChI=1S/C12H25NO2S2/c1-3-17(14,15)9-5-8-13-11-6-4-7-12(10-11)16-2/h11-13H,3-10H2,1-2H3. The minimum Gasteiger partial charge on any atom is -0.314 e. The van der Waals surface area contributed by atoms with Crippen molar-refractivity contribution in [3.63, 3.8) is 0 Å². The van der Waals surface area contributed by atoms with Crippen molar-refractivity contribution < 1.29 is 8.42 Å². The molecule has 1 fully saturated rings. The smallest absolute Gasteiger partial charge is 0.150 e. The molecule has 0 aromatic heterocycles. The average Bonchev–Trinajstić information content (AvgIpc) is 2.35. The second-order valence-corrected chi connectivity index (χ2v) is 8.38. The quantitative estimate of drug-likeness (QED) is 0.725. The predicted molar refractivity (Wildman–Crippen MR) is 76.5 cm³/mol. The topological polar surface area (TPSA) is 46.2 Å². The molecular weight excluding hydrogens is 254 g/mol. The largest absolute Gasteiger partial charge is 0.314 e. The minimum atomic E-state index is -2.78. The second kappa shape index (κ2) is 7.64. The van der Waals surface area contributed by atoms with E-state index in [9.17, 15) is 8.42 Å². The van der Waals surface area contributed by atoms with Gasteiger partial charge in [0.05, 0.1) is 5.75 Å². The van der Waals surface area contributed by atoms with E-state index in [1.165, 1.54) is 25.7 Å². The normalized spacial score (nSPS) is 26.0. The third-order valence-electron chi connectivity index (χ3n) is 3.46. The number of thioether (sulfide) groups is 1. The molecular formula is C12H25NO2S2. The molecule has 0 saturated heterocycles. The van der Waals surface area contributed by atoms with E-state index in [0.717, 1.165) is 18.2 Å². The summed E-state index contributed by atoms with van der Waals surface area (Å²) in [6.07, 6.45) is 8.05. The van der Waals surface area contributed by atoms with Gasteiger partial charge in [0.2, 0.25) is 0 Å². The van der Waals surface area contributed by atoms with Gasteiger partial charge in [0.25, 0.3) is 0 Å². The molecule has 1 rings (SSSR count). The first kappa shape index (κ1) is 15.3. The molecule has 17 heavy (non-hydrogen) atoms. The van der Waals surface area contributed by atoms with Crippen LogP contribution in [0.2, 0.25) is 0 Å². The molecule has 0 aliphatic heterocycles. The number of rotatable bonds is 7. The van der Waals surface area contributed by atoms with Gasteiger partial charge in [-0.3, -0.25) is 0 Å². The maximum absolute atomic E-state index is 11.3. The van der Waals surface area contributed by atoms with E-state index in [0.29, 0.717) is 11.8 Å². The van der Waals surface area contributed by atoms with E-state index in [4.69, 9.17) is 0 Å². The number of sulfone groups is 1. The highest BCUT2D eigenvalue weighted by atomic mass is 32.2. The molecule has 2 unspecified atom stereocenters. The lowest BCUT2D eigenvalue weighted by atomic mass is 9.95. The van der Waals surface area contributed by atoms with Gasteiger partial charge in [0.1, 0.15) is 9.84 Å².